The van der Waals surface area contributed by atoms with Crippen LogP contribution in [-0.2, 0) is 6.54 Å². The maximum atomic E-state index is 10.1. The summed E-state index contributed by atoms with van der Waals surface area (Å²) in [6.07, 6.45) is 5.65. The lowest BCUT2D eigenvalue weighted by molar-refractivity contribution is 0.141. The molecule has 2 rings (SSSR count). The molecule has 1 aromatic carbocycles. The molecule has 0 unspecified atom stereocenters. The van der Waals surface area contributed by atoms with E-state index in [1.807, 2.05) is 6.07 Å². The molecule has 0 bridgehead atoms. The van der Waals surface area contributed by atoms with E-state index in [0.717, 1.165) is 56.5 Å². The fraction of sp³-hybridized carbons (Fsp3) is 0.647. The molecule has 1 aliphatic rings. The number of phenolic OH excluding ortho intramolecular Hbond substituents is 1. The molecule has 3 N–H and O–H groups in total. The van der Waals surface area contributed by atoms with E-state index in [9.17, 15) is 5.11 Å². The molecule has 21 heavy (non-hydrogen) atoms. The Balaban J connectivity index is 2.08. The maximum absolute atomic E-state index is 10.1. The summed E-state index contributed by atoms with van der Waals surface area (Å²) in [6, 6.07) is 6.40. The van der Waals surface area contributed by atoms with E-state index < -0.39 is 0 Å². The van der Waals surface area contributed by atoms with Crippen LogP contribution in [0.15, 0.2) is 18.2 Å². The third kappa shape index (κ3) is 4.35. The van der Waals surface area contributed by atoms with Gasteiger partial charge in [-0.1, -0.05) is 6.92 Å². The van der Waals surface area contributed by atoms with E-state index in [0.29, 0.717) is 17.8 Å². The Bertz CT molecular complexity index is 442. The van der Waals surface area contributed by atoms with Crippen molar-refractivity contribution in [3.63, 3.8) is 0 Å². The minimum absolute atomic E-state index is 0.351. The van der Waals surface area contributed by atoms with Gasteiger partial charge in [0.05, 0.1) is 7.11 Å². The van der Waals surface area contributed by atoms with Crippen molar-refractivity contribution in [2.75, 3.05) is 13.7 Å². The topological polar surface area (TPSA) is 58.7 Å². The summed E-state index contributed by atoms with van der Waals surface area (Å²) >= 11 is 0. The minimum Gasteiger partial charge on any atom is -0.508 e. The third-order valence-corrected chi connectivity index (χ3v) is 4.43. The van der Waals surface area contributed by atoms with Crippen LogP contribution in [0.5, 0.6) is 11.5 Å². The van der Waals surface area contributed by atoms with Crippen LogP contribution in [0.2, 0.25) is 0 Å². The fourth-order valence-electron chi connectivity index (χ4n) is 3.18. The lowest BCUT2D eigenvalue weighted by Gasteiger charge is -2.36. The van der Waals surface area contributed by atoms with Crippen molar-refractivity contribution in [2.24, 2.45) is 5.73 Å². The number of rotatable bonds is 6. The van der Waals surface area contributed by atoms with Crippen LogP contribution in [0.25, 0.3) is 0 Å². The molecular weight excluding hydrogens is 264 g/mol. The van der Waals surface area contributed by atoms with Gasteiger partial charge in [0.25, 0.3) is 0 Å². The summed E-state index contributed by atoms with van der Waals surface area (Å²) in [6.45, 7) is 4.03. The van der Waals surface area contributed by atoms with Crippen LogP contribution in [0, 0.1) is 0 Å². The summed E-state index contributed by atoms with van der Waals surface area (Å²) in [5, 5.41) is 10.1. The molecule has 0 aromatic heterocycles. The van der Waals surface area contributed by atoms with Crippen molar-refractivity contribution < 1.29 is 9.84 Å². The van der Waals surface area contributed by atoms with Crippen molar-refractivity contribution >= 4 is 0 Å². The molecule has 0 atom stereocenters. The number of hydrogen-bond donors (Lipinski definition) is 2. The zero-order chi connectivity index (χ0) is 15.2. The van der Waals surface area contributed by atoms with Crippen molar-refractivity contribution in [1.82, 2.24) is 4.90 Å². The van der Waals surface area contributed by atoms with Crippen LogP contribution in [0.4, 0.5) is 0 Å². The first-order valence-electron chi connectivity index (χ1n) is 7.99. The summed E-state index contributed by atoms with van der Waals surface area (Å²) in [7, 11) is 1.66. The molecule has 1 aliphatic carbocycles. The van der Waals surface area contributed by atoms with Crippen LogP contribution in [0.3, 0.4) is 0 Å². The highest BCUT2D eigenvalue weighted by atomic mass is 16.5. The van der Waals surface area contributed by atoms with E-state index in [1.54, 1.807) is 19.2 Å². The molecule has 0 spiro atoms. The van der Waals surface area contributed by atoms with E-state index in [4.69, 9.17) is 10.5 Å². The van der Waals surface area contributed by atoms with Gasteiger partial charge in [-0.15, -0.1) is 0 Å². The summed E-state index contributed by atoms with van der Waals surface area (Å²) in [5.74, 6) is 1.15. The molecule has 0 saturated heterocycles. The van der Waals surface area contributed by atoms with Crippen LogP contribution >= 0.6 is 0 Å². The van der Waals surface area contributed by atoms with Gasteiger partial charge in [-0.25, -0.2) is 0 Å². The molecule has 1 saturated carbocycles. The monoisotopic (exact) mass is 292 g/mol. The first-order chi connectivity index (χ1) is 10.1. The molecule has 0 heterocycles. The lowest BCUT2D eigenvalue weighted by Crippen LogP contribution is -2.40. The van der Waals surface area contributed by atoms with Gasteiger partial charge in [-0.2, -0.15) is 0 Å². The van der Waals surface area contributed by atoms with Crippen LogP contribution in [-0.4, -0.2) is 35.7 Å². The summed E-state index contributed by atoms with van der Waals surface area (Å²) < 4.78 is 5.26. The Morgan fingerprint density at radius 2 is 2.00 bits per heavy atom. The minimum atomic E-state index is 0.351. The van der Waals surface area contributed by atoms with Gasteiger partial charge in [-0.3, -0.25) is 4.90 Å². The first-order valence-corrected chi connectivity index (χ1v) is 7.99. The molecule has 4 heteroatoms. The number of benzene rings is 1. The second-order valence-electron chi connectivity index (χ2n) is 6.03. The lowest BCUT2D eigenvalue weighted by atomic mass is 9.90. The predicted molar refractivity (Wildman–Crippen MR) is 85.6 cm³/mol. The van der Waals surface area contributed by atoms with Crippen molar-refractivity contribution in [2.45, 2.75) is 57.7 Å². The molecule has 4 nitrogen and oxygen atoms in total. The Labute approximate surface area is 127 Å². The smallest absolute Gasteiger partial charge is 0.120 e. The number of hydrogen-bond acceptors (Lipinski definition) is 4. The van der Waals surface area contributed by atoms with Crippen LogP contribution < -0.4 is 10.5 Å². The maximum Gasteiger partial charge on any atom is 0.120 e. The number of phenols is 1. The van der Waals surface area contributed by atoms with Gasteiger partial charge in [0, 0.05) is 24.2 Å². The highest BCUT2D eigenvalue weighted by molar-refractivity contribution is 5.39. The quantitative estimate of drug-likeness (QED) is 0.846. The zero-order valence-electron chi connectivity index (χ0n) is 13.2. The summed E-state index contributed by atoms with van der Waals surface area (Å²) in [5.41, 5.74) is 6.95. The molecule has 0 radical (unpaired) electrons. The normalized spacial score (nSPS) is 22.5. The SMILES string of the molecule is CCCN(Cc1cc(OC)ccc1O)C1CCC(N)CC1. The average Bonchev–Trinajstić information content (AvgIpc) is 2.49. The van der Waals surface area contributed by atoms with Gasteiger partial charge in [0.1, 0.15) is 11.5 Å². The standard InChI is InChI=1S/C17H28N2O2/c1-3-10-19(15-6-4-14(18)5-7-15)12-13-11-16(21-2)8-9-17(13)20/h8-9,11,14-15,20H,3-7,10,12,18H2,1-2H3. The Kier molecular flexibility index (Phi) is 5.88. The highest BCUT2D eigenvalue weighted by Crippen LogP contribution is 2.28. The first kappa shape index (κ1) is 16.1. The van der Waals surface area contributed by atoms with Crippen molar-refractivity contribution in [3.8, 4) is 11.5 Å². The van der Waals surface area contributed by atoms with Gasteiger partial charge in [0.2, 0.25) is 0 Å². The molecule has 1 aromatic rings. The number of nitrogens with zero attached hydrogens (tertiary/aromatic N) is 1. The predicted octanol–water partition coefficient (Wildman–Crippen LogP) is 2.88. The van der Waals surface area contributed by atoms with Gasteiger partial charge < -0.3 is 15.6 Å². The van der Waals surface area contributed by atoms with Crippen molar-refractivity contribution in [1.29, 1.82) is 0 Å². The second-order valence-corrected chi connectivity index (χ2v) is 6.03. The summed E-state index contributed by atoms with van der Waals surface area (Å²) in [4.78, 5) is 2.49. The molecule has 1 fully saturated rings. The number of ether oxygens (including phenoxy) is 1. The number of aromatic hydroxyl groups is 1. The van der Waals surface area contributed by atoms with E-state index >= 15 is 0 Å². The van der Waals surface area contributed by atoms with Gasteiger partial charge in [-0.05, 0) is 56.8 Å². The fourth-order valence-corrected chi connectivity index (χ4v) is 3.18. The average molecular weight is 292 g/mol. The highest BCUT2D eigenvalue weighted by Gasteiger charge is 2.24. The van der Waals surface area contributed by atoms with E-state index in [1.165, 1.54) is 0 Å². The Hall–Kier alpha value is -1.26. The van der Waals surface area contributed by atoms with E-state index in [-0.39, 0.29) is 0 Å². The zero-order valence-corrected chi connectivity index (χ0v) is 13.2. The number of methoxy groups -OCH3 is 1. The largest absolute Gasteiger partial charge is 0.508 e. The van der Waals surface area contributed by atoms with Gasteiger partial charge in [0.15, 0.2) is 0 Å². The van der Waals surface area contributed by atoms with Crippen LogP contribution in [0.1, 0.15) is 44.6 Å². The second kappa shape index (κ2) is 7.66. The molecular formula is C17H28N2O2. The van der Waals surface area contributed by atoms with Crippen molar-refractivity contribution in [3.05, 3.63) is 23.8 Å². The number of nitrogens with two attached hydrogens (primary N) is 1. The molecule has 0 amide bonds. The Morgan fingerprint density at radius 3 is 2.62 bits per heavy atom. The molecule has 0 aliphatic heterocycles. The van der Waals surface area contributed by atoms with Gasteiger partial charge >= 0.3 is 0 Å². The Morgan fingerprint density at radius 1 is 1.29 bits per heavy atom. The molecule has 118 valence electrons. The third-order valence-electron chi connectivity index (χ3n) is 4.43. The van der Waals surface area contributed by atoms with E-state index in [2.05, 4.69) is 11.8 Å².